The molecule has 0 atom stereocenters. The van der Waals surface area contributed by atoms with E-state index in [1.165, 1.54) is 11.6 Å². The predicted molar refractivity (Wildman–Crippen MR) is 87.5 cm³/mol. The largest absolute Gasteiger partial charge is 0.315 e. The van der Waals surface area contributed by atoms with E-state index in [4.69, 9.17) is 5.21 Å². The number of nitrogens with zero attached hydrogens (tertiary/aromatic N) is 1. The lowest BCUT2D eigenvalue weighted by molar-refractivity contribution is -0.124. The molecule has 0 bridgehead atoms. The molecule has 0 radical (unpaired) electrons. The van der Waals surface area contributed by atoms with E-state index < -0.39 is 5.91 Å². The topological polar surface area (TPSA) is 71.3 Å². The number of pyridine rings is 1. The molecule has 0 aliphatic rings. The maximum atomic E-state index is 12.3. The van der Waals surface area contributed by atoms with Gasteiger partial charge in [0.05, 0.1) is 0 Å². The van der Waals surface area contributed by atoms with E-state index in [2.05, 4.69) is 15.9 Å². The first-order valence-electron chi connectivity index (χ1n) is 6.66. The number of amides is 1. The van der Waals surface area contributed by atoms with Crippen molar-refractivity contribution in [2.24, 2.45) is 0 Å². The van der Waals surface area contributed by atoms with Gasteiger partial charge in [-0.05, 0) is 42.3 Å². The van der Waals surface area contributed by atoms with Gasteiger partial charge in [-0.15, -0.1) is 0 Å². The summed E-state index contributed by atoms with van der Waals surface area (Å²) in [6.45, 7) is 0.545. The van der Waals surface area contributed by atoms with E-state index >= 15 is 0 Å². The van der Waals surface area contributed by atoms with Gasteiger partial charge >= 0.3 is 0 Å². The number of hydrogen-bond donors (Lipinski definition) is 2. The Bertz CT molecular complexity index is 753. The zero-order chi connectivity index (χ0) is 15.9. The minimum Gasteiger partial charge on any atom is -0.315 e. The fraction of sp³-hybridized carbons (Fsp3) is 0.125. The summed E-state index contributed by atoms with van der Waals surface area (Å²) < 4.78 is 2.60. The highest BCUT2D eigenvalue weighted by atomic mass is 79.9. The molecule has 1 amide bonds. The van der Waals surface area contributed by atoms with Crippen molar-refractivity contribution in [1.82, 2.24) is 10.0 Å². The van der Waals surface area contributed by atoms with E-state index in [0.29, 0.717) is 12.1 Å². The highest BCUT2D eigenvalue weighted by molar-refractivity contribution is 9.10. The van der Waals surface area contributed by atoms with Gasteiger partial charge < -0.3 is 4.57 Å². The molecule has 1 aromatic heterocycles. The fourth-order valence-corrected chi connectivity index (χ4v) is 2.45. The Hall–Kier alpha value is -2.18. The van der Waals surface area contributed by atoms with Crippen molar-refractivity contribution in [2.75, 3.05) is 0 Å². The van der Waals surface area contributed by atoms with Crippen LogP contribution in [0.4, 0.5) is 0 Å². The first-order valence-corrected chi connectivity index (χ1v) is 7.45. The van der Waals surface area contributed by atoms with Gasteiger partial charge in [0.15, 0.2) is 0 Å². The van der Waals surface area contributed by atoms with Crippen LogP contribution in [0.5, 0.6) is 0 Å². The van der Waals surface area contributed by atoms with Gasteiger partial charge in [-0.3, -0.25) is 14.8 Å². The maximum absolute atomic E-state index is 12.3. The molecule has 0 fully saturated rings. The molecule has 1 aromatic carbocycles. The van der Waals surface area contributed by atoms with Crippen molar-refractivity contribution in [3.63, 3.8) is 0 Å². The van der Waals surface area contributed by atoms with Gasteiger partial charge in [-0.25, -0.2) is 5.48 Å². The third-order valence-corrected chi connectivity index (χ3v) is 3.60. The van der Waals surface area contributed by atoms with Crippen molar-refractivity contribution in [1.29, 1.82) is 0 Å². The summed E-state index contributed by atoms with van der Waals surface area (Å²) in [6, 6.07) is 11.3. The molecule has 0 aliphatic heterocycles. The highest BCUT2D eigenvalue weighted by Gasteiger charge is 2.02. The Labute approximate surface area is 136 Å². The van der Waals surface area contributed by atoms with E-state index in [1.54, 1.807) is 22.9 Å². The molecule has 2 N–H and O–H groups in total. The number of benzene rings is 1. The lowest BCUT2D eigenvalue weighted by Gasteiger charge is -2.07. The zero-order valence-electron chi connectivity index (χ0n) is 11.7. The normalized spacial score (nSPS) is 10.8. The molecule has 0 aliphatic carbocycles. The minimum absolute atomic E-state index is 0.181. The summed E-state index contributed by atoms with van der Waals surface area (Å²) in [7, 11) is 0. The Kier molecular flexibility index (Phi) is 5.68. The summed E-state index contributed by atoms with van der Waals surface area (Å²) in [5.41, 5.74) is 2.82. The first-order chi connectivity index (χ1) is 10.6. The minimum atomic E-state index is -0.677. The lowest BCUT2D eigenvalue weighted by Crippen LogP contribution is -2.22. The molecule has 22 heavy (non-hydrogen) atoms. The van der Waals surface area contributed by atoms with Crippen LogP contribution in [-0.4, -0.2) is 15.7 Å². The summed E-state index contributed by atoms with van der Waals surface area (Å²) in [5, 5.41) is 8.43. The molecule has 5 nitrogen and oxygen atoms in total. The second-order valence-electron chi connectivity index (χ2n) is 4.65. The van der Waals surface area contributed by atoms with Gasteiger partial charge in [0.2, 0.25) is 0 Å². The van der Waals surface area contributed by atoms with Crippen LogP contribution < -0.4 is 11.0 Å². The number of nitrogens with one attached hydrogen (secondary N) is 1. The van der Waals surface area contributed by atoms with Crippen LogP contribution >= 0.6 is 15.9 Å². The Morgan fingerprint density at radius 3 is 2.86 bits per heavy atom. The summed E-state index contributed by atoms with van der Waals surface area (Å²) >= 11 is 3.42. The Morgan fingerprint density at radius 1 is 1.32 bits per heavy atom. The second kappa shape index (κ2) is 7.72. The summed E-state index contributed by atoms with van der Waals surface area (Å²) in [4.78, 5) is 23.2. The van der Waals surface area contributed by atoms with Gasteiger partial charge in [0.25, 0.3) is 11.5 Å². The van der Waals surface area contributed by atoms with Crippen LogP contribution in [0.15, 0.2) is 57.9 Å². The number of halogens is 1. The van der Waals surface area contributed by atoms with Crippen LogP contribution in [0, 0.1) is 0 Å². The standard InChI is InChI=1S/C16H15BrN2O3/c17-14-5-1-3-12(11-14)8-10-19-9-2-4-13(16(19)21)6-7-15(20)18-22/h1-7,9,11,22H,8,10H2,(H,18,20)/b7-6+. The number of aryl methyl sites for hydroxylation is 2. The molecular weight excluding hydrogens is 348 g/mol. The highest BCUT2D eigenvalue weighted by Crippen LogP contribution is 2.12. The molecule has 2 aromatic rings. The van der Waals surface area contributed by atoms with Crippen molar-refractivity contribution in [3.8, 4) is 0 Å². The van der Waals surface area contributed by atoms with Crippen LogP contribution in [0.3, 0.4) is 0 Å². The summed E-state index contributed by atoms with van der Waals surface area (Å²) in [5.74, 6) is -0.677. The fourth-order valence-electron chi connectivity index (χ4n) is 2.00. The Balaban J connectivity index is 2.14. The molecule has 6 heteroatoms. The van der Waals surface area contributed by atoms with Gasteiger partial charge in [-0.1, -0.05) is 28.1 Å². The van der Waals surface area contributed by atoms with E-state index in [1.807, 2.05) is 24.3 Å². The molecule has 0 saturated heterocycles. The van der Waals surface area contributed by atoms with Crippen LogP contribution in [0.1, 0.15) is 11.1 Å². The van der Waals surface area contributed by atoms with Crippen molar-refractivity contribution < 1.29 is 10.0 Å². The molecule has 0 saturated carbocycles. The van der Waals surface area contributed by atoms with Crippen molar-refractivity contribution in [2.45, 2.75) is 13.0 Å². The van der Waals surface area contributed by atoms with Crippen molar-refractivity contribution in [3.05, 3.63) is 74.6 Å². The SMILES string of the molecule is O=C(/C=C/c1cccn(CCc2cccc(Br)c2)c1=O)NO. The predicted octanol–water partition coefficient (Wildman–Crippen LogP) is 2.37. The molecule has 0 spiro atoms. The Morgan fingerprint density at radius 2 is 2.14 bits per heavy atom. The molecule has 0 unspecified atom stereocenters. The van der Waals surface area contributed by atoms with E-state index in [-0.39, 0.29) is 5.56 Å². The number of aromatic nitrogens is 1. The maximum Gasteiger partial charge on any atom is 0.267 e. The van der Waals surface area contributed by atoms with Crippen LogP contribution in [0.25, 0.3) is 6.08 Å². The van der Waals surface area contributed by atoms with Crippen molar-refractivity contribution >= 4 is 27.9 Å². The number of carbonyl (C=O) groups excluding carboxylic acids is 1. The van der Waals surface area contributed by atoms with Gasteiger partial charge in [0.1, 0.15) is 0 Å². The molecule has 2 rings (SSSR count). The van der Waals surface area contributed by atoms with Crippen LogP contribution in [0.2, 0.25) is 0 Å². The van der Waals surface area contributed by atoms with E-state index in [9.17, 15) is 9.59 Å². The third-order valence-electron chi connectivity index (χ3n) is 3.10. The zero-order valence-corrected chi connectivity index (χ0v) is 13.3. The monoisotopic (exact) mass is 362 g/mol. The quantitative estimate of drug-likeness (QED) is 0.487. The smallest absolute Gasteiger partial charge is 0.267 e. The molecular formula is C16H15BrN2O3. The van der Waals surface area contributed by atoms with E-state index in [0.717, 1.165) is 22.5 Å². The second-order valence-corrected chi connectivity index (χ2v) is 5.57. The summed E-state index contributed by atoms with van der Waals surface area (Å²) in [6.07, 6.45) is 4.92. The lowest BCUT2D eigenvalue weighted by atomic mass is 10.1. The molecule has 114 valence electrons. The van der Waals surface area contributed by atoms with Crippen LogP contribution in [-0.2, 0) is 17.8 Å². The van der Waals surface area contributed by atoms with Gasteiger partial charge in [-0.2, -0.15) is 0 Å². The number of hydroxylamine groups is 1. The average Bonchev–Trinajstić information content (AvgIpc) is 2.52. The number of hydrogen-bond acceptors (Lipinski definition) is 3. The number of rotatable bonds is 5. The number of carbonyl (C=O) groups is 1. The first kappa shape index (κ1) is 16.2. The average molecular weight is 363 g/mol. The van der Waals surface area contributed by atoms with Gasteiger partial charge in [0, 0.05) is 28.9 Å². The third kappa shape index (κ3) is 4.41. The molecule has 1 heterocycles.